The Hall–Kier alpha value is -1.46. The van der Waals surface area contributed by atoms with Gasteiger partial charge in [0.2, 0.25) is 0 Å². The lowest BCUT2D eigenvalue weighted by Crippen LogP contribution is -2.24. The van der Waals surface area contributed by atoms with Crippen LogP contribution in [0.15, 0.2) is 24.3 Å². The van der Waals surface area contributed by atoms with Gasteiger partial charge in [0, 0.05) is 12.6 Å². The largest absolute Gasteiger partial charge is 0.481 e. The Balaban J connectivity index is 2.42. The van der Waals surface area contributed by atoms with Crippen molar-refractivity contribution in [2.45, 2.75) is 32.9 Å². The van der Waals surface area contributed by atoms with E-state index in [9.17, 15) is 0 Å². The second kappa shape index (κ2) is 6.92. The van der Waals surface area contributed by atoms with E-state index in [-0.39, 0.29) is 0 Å². The number of ether oxygens (including phenoxy) is 1. The molecule has 1 aromatic carbocycles. The molecule has 0 aliphatic rings. The fraction of sp³-hybridized carbons (Fsp3) is 0.429. The molecule has 16 heavy (non-hydrogen) atoms. The Kier molecular flexibility index (Phi) is 5.45. The van der Waals surface area contributed by atoms with E-state index in [1.54, 1.807) is 0 Å². The van der Waals surface area contributed by atoms with Gasteiger partial charge in [-0.1, -0.05) is 25.0 Å². The summed E-state index contributed by atoms with van der Waals surface area (Å²) in [6.07, 6.45) is 6.26. The molecule has 1 rings (SSSR count). The minimum Gasteiger partial charge on any atom is -0.481 e. The van der Waals surface area contributed by atoms with Crippen molar-refractivity contribution < 1.29 is 4.74 Å². The molecule has 2 heteroatoms. The molecule has 86 valence electrons. The SMILES string of the molecule is C#CCOc1ccc(CN[C@H](C)CC)cc1. The molecule has 0 aliphatic carbocycles. The summed E-state index contributed by atoms with van der Waals surface area (Å²) in [6, 6.07) is 8.57. The standard InChI is InChI=1S/C14H19NO/c1-4-10-16-14-8-6-13(7-9-14)11-15-12(3)5-2/h1,6-9,12,15H,5,10-11H2,2-3H3/t12-/m1/s1. The smallest absolute Gasteiger partial charge is 0.148 e. The maximum atomic E-state index is 5.30. The van der Waals surface area contributed by atoms with Crippen molar-refractivity contribution >= 4 is 0 Å². The summed E-state index contributed by atoms with van der Waals surface area (Å²) in [5.74, 6) is 3.27. The van der Waals surface area contributed by atoms with E-state index >= 15 is 0 Å². The number of terminal acetylenes is 1. The van der Waals surface area contributed by atoms with Crippen LogP contribution in [0, 0.1) is 12.3 Å². The zero-order chi connectivity index (χ0) is 11.8. The van der Waals surface area contributed by atoms with Gasteiger partial charge in [-0.2, -0.15) is 0 Å². The highest BCUT2D eigenvalue weighted by Gasteiger charge is 1.98. The van der Waals surface area contributed by atoms with Crippen molar-refractivity contribution in [1.29, 1.82) is 0 Å². The summed E-state index contributed by atoms with van der Waals surface area (Å²) in [7, 11) is 0. The first-order valence-corrected chi connectivity index (χ1v) is 5.64. The predicted octanol–water partition coefficient (Wildman–Crippen LogP) is 2.59. The normalized spacial score (nSPS) is 11.8. The molecule has 0 amide bonds. The van der Waals surface area contributed by atoms with E-state index in [0.29, 0.717) is 12.6 Å². The van der Waals surface area contributed by atoms with Crippen LogP contribution in [0.4, 0.5) is 0 Å². The van der Waals surface area contributed by atoms with Gasteiger partial charge >= 0.3 is 0 Å². The topological polar surface area (TPSA) is 21.3 Å². The van der Waals surface area contributed by atoms with Gasteiger partial charge in [-0.15, -0.1) is 6.42 Å². The van der Waals surface area contributed by atoms with E-state index in [0.717, 1.165) is 18.7 Å². The molecule has 0 radical (unpaired) electrons. The zero-order valence-electron chi connectivity index (χ0n) is 9.99. The van der Waals surface area contributed by atoms with Gasteiger partial charge in [0.05, 0.1) is 0 Å². The second-order valence-corrected chi connectivity index (χ2v) is 3.83. The van der Waals surface area contributed by atoms with Crippen LogP contribution in [0.5, 0.6) is 5.75 Å². The van der Waals surface area contributed by atoms with Gasteiger partial charge in [-0.25, -0.2) is 0 Å². The minimum absolute atomic E-state index is 0.324. The molecule has 0 fully saturated rings. The Morgan fingerprint density at radius 1 is 1.38 bits per heavy atom. The third-order valence-corrected chi connectivity index (χ3v) is 2.51. The fourth-order valence-corrected chi connectivity index (χ4v) is 1.26. The average molecular weight is 217 g/mol. The highest BCUT2D eigenvalue weighted by molar-refractivity contribution is 5.27. The summed E-state index contributed by atoms with van der Waals surface area (Å²) < 4.78 is 5.30. The monoisotopic (exact) mass is 217 g/mol. The summed E-state index contributed by atoms with van der Waals surface area (Å²) in [5.41, 5.74) is 1.26. The fourth-order valence-electron chi connectivity index (χ4n) is 1.26. The van der Waals surface area contributed by atoms with Crippen molar-refractivity contribution in [1.82, 2.24) is 5.32 Å². The molecule has 0 unspecified atom stereocenters. The van der Waals surface area contributed by atoms with Gasteiger partial charge in [-0.05, 0) is 31.0 Å². The first-order chi connectivity index (χ1) is 7.76. The molecule has 1 atom stereocenters. The molecule has 0 heterocycles. The Morgan fingerprint density at radius 2 is 2.06 bits per heavy atom. The van der Waals surface area contributed by atoms with Crippen LogP contribution in [0.1, 0.15) is 25.8 Å². The van der Waals surface area contributed by atoms with Crippen LogP contribution < -0.4 is 10.1 Å². The predicted molar refractivity (Wildman–Crippen MR) is 67.4 cm³/mol. The Morgan fingerprint density at radius 3 is 2.62 bits per heavy atom. The maximum absolute atomic E-state index is 5.30. The average Bonchev–Trinajstić information content (AvgIpc) is 2.34. The van der Waals surface area contributed by atoms with Gasteiger partial charge in [-0.3, -0.25) is 0 Å². The van der Waals surface area contributed by atoms with Gasteiger partial charge < -0.3 is 10.1 Å². The van der Waals surface area contributed by atoms with Crippen molar-refractivity contribution in [3.8, 4) is 18.1 Å². The quantitative estimate of drug-likeness (QED) is 0.739. The van der Waals surface area contributed by atoms with E-state index < -0.39 is 0 Å². The van der Waals surface area contributed by atoms with Crippen molar-refractivity contribution in [2.24, 2.45) is 0 Å². The number of rotatable bonds is 6. The van der Waals surface area contributed by atoms with E-state index in [1.807, 2.05) is 12.1 Å². The zero-order valence-corrected chi connectivity index (χ0v) is 9.99. The Bertz CT molecular complexity index is 337. The van der Waals surface area contributed by atoms with Crippen LogP contribution in [-0.2, 0) is 6.54 Å². The first-order valence-electron chi connectivity index (χ1n) is 5.64. The van der Waals surface area contributed by atoms with Crippen molar-refractivity contribution in [3.05, 3.63) is 29.8 Å². The third kappa shape index (κ3) is 4.37. The lowest BCUT2D eigenvalue weighted by atomic mass is 10.2. The molecule has 0 aromatic heterocycles. The van der Waals surface area contributed by atoms with Crippen LogP contribution in [-0.4, -0.2) is 12.6 Å². The molecular formula is C14H19NO. The van der Waals surface area contributed by atoms with Crippen LogP contribution in [0.3, 0.4) is 0 Å². The summed E-state index contributed by atoms with van der Waals surface area (Å²) in [4.78, 5) is 0. The Labute approximate surface area is 98.0 Å². The molecule has 1 N–H and O–H groups in total. The first kappa shape index (κ1) is 12.6. The third-order valence-electron chi connectivity index (χ3n) is 2.51. The highest BCUT2D eigenvalue weighted by atomic mass is 16.5. The molecular weight excluding hydrogens is 198 g/mol. The molecule has 0 aliphatic heterocycles. The highest BCUT2D eigenvalue weighted by Crippen LogP contribution is 2.12. The van der Waals surface area contributed by atoms with Crippen LogP contribution in [0.25, 0.3) is 0 Å². The lowest BCUT2D eigenvalue weighted by Gasteiger charge is -2.11. The molecule has 0 bridgehead atoms. The van der Waals surface area contributed by atoms with E-state index in [4.69, 9.17) is 11.2 Å². The minimum atomic E-state index is 0.324. The van der Waals surface area contributed by atoms with Gasteiger partial charge in [0.15, 0.2) is 0 Å². The van der Waals surface area contributed by atoms with Crippen LogP contribution in [0.2, 0.25) is 0 Å². The van der Waals surface area contributed by atoms with Crippen LogP contribution >= 0.6 is 0 Å². The number of hydrogen-bond donors (Lipinski definition) is 1. The molecule has 0 saturated heterocycles. The summed E-state index contributed by atoms with van der Waals surface area (Å²) in [6.45, 7) is 5.58. The number of benzene rings is 1. The summed E-state index contributed by atoms with van der Waals surface area (Å²) >= 11 is 0. The van der Waals surface area contributed by atoms with E-state index in [1.165, 1.54) is 5.56 Å². The summed E-state index contributed by atoms with van der Waals surface area (Å²) in [5, 5.41) is 3.44. The number of nitrogens with one attached hydrogen (secondary N) is 1. The van der Waals surface area contributed by atoms with Crippen molar-refractivity contribution in [3.63, 3.8) is 0 Å². The van der Waals surface area contributed by atoms with Gasteiger partial charge in [0.1, 0.15) is 12.4 Å². The number of hydrogen-bond acceptors (Lipinski definition) is 2. The molecule has 1 aromatic rings. The molecule has 0 spiro atoms. The maximum Gasteiger partial charge on any atom is 0.148 e. The van der Waals surface area contributed by atoms with Gasteiger partial charge in [0.25, 0.3) is 0 Å². The van der Waals surface area contributed by atoms with Crippen molar-refractivity contribution in [2.75, 3.05) is 6.61 Å². The molecule has 2 nitrogen and oxygen atoms in total. The molecule has 0 saturated carbocycles. The lowest BCUT2D eigenvalue weighted by molar-refractivity contribution is 0.370. The van der Waals surface area contributed by atoms with E-state index in [2.05, 4.69) is 37.2 Å². The second-order valence-electron chi connectivity index (χ2n) is 3.83.